The SMILES string of the molecule is CCNCC(C(C)C)N1CCCN(C)CC1. The largest absolute Gasteiger partial charge is 0.315 e. The average molecular weight is 227 g/mol. The Morgan fingerprint density at radius 2 is 1.88 bits per heavy atom. The normalized spacial score (nSPS) is 22.3. The number of likely N-dealkylation sites (N-methyl/N-ethyl adjacent to an activating group) is 2. The van der Waals surface area contributed by atoms with Gasteiger partial charge in [-0.1, -0.05) is 20.8 Å². The Hall–Kier alpha value is -0.120. The molecule has 1 heterocycles. The van der Waals surface area contributed by atoms with Crippen LogP contribution >= 0.6 is 0 Å². The highest BCUT2D eigenvalue weighted by Crippen LogP contribution is 2.13. The summed E-state index contributed by atoms with van der Waals surface area (Å²) in [6.07, 6.45) is 1.31. The monoisotopic (exact) mass is 227 g/mol. The summed E-state index contributed by atoms with van der Waals surface area (Å²) in [5.41, 5.74) is 0. The minimum atomic E-state index is 0.700. The van der Waals surface area contributed by atoms with Gasteiger partial charge < -0.3 is 10.2 Å². The molecule has 1 rings (SSSR count). The molecular weight excluding hydrogens is 198 g/mol. The van der Waals surface area contributed by atoms with Gasteiger partial charge in [0.25, 0.3) is 0 Å². The number of rotatable bonds is 5. The van der Waals surface area contributed by atoms with Crippen LogP contribution in [0.5, 0.6) is 0 Å². The molecular formula is C13H29N3. The molecule has 1 saturated heterocycles. The molecule has 1 N–H and O–H groups in total. The van der Waals surface area contributed by atoms with Crippen LogP contribution in [0.3, 0.4) is 0 Å². The van der Waals surface area contributed by atoms with E-state index in [1.807, 2.05) is 0 Å². The molecule has 0 aromatic heterocycles. The topological polar surface area (TPSA) is 18.5 Å². The predicted octanol–water partition coefficient (Wildman–Crippen LogP) is 1.26. The van der Waals surface area contributed by atoms with Gasteiger partial charge in [0.05, 0.1) is 0 Å². The molecule has 1 aliphatic heterocycles. The van der Waals surface area contributed by atoms with E-state index in [1.165, 1.54) is 32.6 Å². The summed E-state index contributed by atoms with van der Waals surface area (Å²) >= 11 is 0. The van der Waals surface area contributed by atoms with E-state index in [-0.39, 0.29) is 0 Å². The highest BCUT2D eigenvalue weighted by Gasteiger charge is 2.22. The third kappa shape index (κ3) is 4.40. The fourth-order valence-electron chi connectivity index (χ4n) is 2.48. The van der Waals surface area contributed by atoms with Crippen molar-refractivity contribution in [2.75, 3.05) is 46.3 Å². The second kappa shape index (κ2) is 7.25. The molecule has 1 aliphatic rings. The van der Waals surface area contributed by atoms with Crippen LogP contribution in [-0.2, 0) is 0 Å². The van der Waals surface area contributed by atoms with Crippen molar-refractivity contribution in [3.8, 4) is 0 Å². The molecule has 0 saturated carbocycles. The highest BCUT2D eigenvalue weighted by molar-refractivity contribution is 4.79. The van der Waals surface area contributed by atoms with E-state index in [2.05, 4.69) is 42.9 Å². The third-order valence-corrected chi connectivity index (χ3v) is 3.60. The molecule has 1 fully saturated rings. The Balaban J connectivity index is 2.48. The minimum absolute atomic E-state index is 0.700. The molecule has 96 valence electrons. The molecule has 0 bridgehead atoms. The zero-order valence-electron chi connectivity index (χ0n) is 11.5. The molecule has 1 unspecified atom stereocenters. The average Bonchev–Trinajstić information content (AvgIpc) is 2.44. The van der Waals surface area contributed by atoms with Gasteiger partial charge in [-0.2, -0.15) is 0 Å². The van der Waals surface area contributed by atoms with E-state index in [0.29, 0.717) is 6.04 Å². The van der Waals surface area contributed by atoms with Crippen LogP contribution in [0, 0.1) is 5.92 Å². The maximum atomic E-state index is 3.50. The Morgan fingerprint density at radius 1 is 1.12 bits per heavy atom. The first-order valence-corrected chi connectivity index (χ1v) is 6.78. The first-order valence-electron chi connectivity index (χ1n) is 6.78. The Morgan fingerprint density at radius 3 is 2.50 bits per heavy atom. The van der Waals surface area contributed by atoms with E-state index >= 15 is 0 Å². The second-order valence-electron chi connectivity index (χ2n) is 5.31. The van der Waals surface area contributed by atoms with Gasteiger partial charge in [-0.25, -0.2) is 0 Å². The number of hydrogen-bond donors (Lipinski definition) is 1. The zero-order chi connectivity index (χ0) is 12.0. The van der Waals surface area contributed by atoms with E-state index in [0.717, 1.165) is 19.0 Å². The molecule has 0 spiro atoms. The van der Waals surface area contributed by atoms with Crippen molar-refractivity contribution < 1.29 is 0 Å². The van der Waals surface area contributed by atoms with E-state index in [9.17, 15) is 0 Å². The fourth-order valence-corrected chi connectivity index (χ4v) is 2.48. The van der Waals surface area contributed by atoms with Gasteiger partial charge in [0.2, 0.25) is 0 Å². The molecule has 0 aromatic rings. The predicted molar refractivity (Wildman–Crippen MR) is 70.9 cm³/mol. The fraction of sp³-hybridized carbons (Fsp3) is 1.00. The van der Waals surface area contributed by atoms with Crippen LogP contribution in [0.25, 0.3) is 0 Å². The van der Waals surface area contributed by atoms with Gasteiger partial charge in [-0.3, -0.25) is 4.90 Å². The quantitative estimate of drug-likeness (QED) is 0.763. The summed E-state index contributed by atoms with van der Waals surface area (Å²) in [5, 5.41) is 3.50. The first kappa shape index (κ1) is 13.9. The lowest BCUT2D eigenvalue weighted by molar-refractivity contribution is 0.157. The lowest BCUT2D eigenvalue weighted by atomic mass is 10.0. The maximum Gasteiger partial charge on any atom is 0.0244 e. The maximum absolute atomic E-state index is 3.50. The highest BCUT2D eigenvalue weighted by atomic mass is 15.2. The van der Waals surface area contributed by atoms with E-state index in [4.69, 9.17) is 0 Å². The van der Waals surface area contributed by atoms with Crippen LogP contribution < -0.4 is 5.32 Å². The standard InChI is InChI=1S/C13H29N3/c1-5-14-11-13(12(2)3)16-8-6-7-15(4)9-10-16/h12-14H,5-11H2,1-4H3. The Kier molecular flexibility index (Phi) is 6.32. The van der Waals surface area contributed by atoms with Crippen LogP contribution in [0.4, 0.5) is 0 Å². The van der Waals surface area contributed by atoms with Gasteiger partial charge in [-0.15, -0.1) is 0 Å². The summed E-state index contributed by atoms with van der Waals surface area (Å²) in [6.45, 7) is 14.1. The van der Waals surface area contributed by atoms with Gasteiger partial charge in [0.15, 0.2) is 0 Å². The van der Waals surface area contributed by atoms with Gasteiger partial charge >= 0.3 is 0 Å². The summed E-state index contributed by atoms with van der Waals surface area (Å²) in [7, 11) is 2.23. The summed E-state index contributed by atoms with van der Waals surface area (Å²) < 4.78 is 0. The van der Waals surface area contributed by atoms with E-state index in [1.54, 1.807) is 0 Å². The van der Waals surface area contributed by atoms with Crippen molar-refractivity contribution in [2.45, 2.75) is 33.2 Å². The van der Waals surface area contributed by atoms with Crippen molar-refractivity contribution in [1.29, 1.82) is 0 Å². The van der Waals surface area contributed by atoms with Gasteiger partial charge in [-0.05, 0) is 39.0 Å². The van der Waals surface area contributed by atoms with Gasteiger partial charge in [0, 0.05) is 25.7 Å². The number of nitrogens with one attached hydrogen (secondary N) is 1. The summed E-state index contributed by atoms with van der Waals surface area (Å²) in [5.74, 6) is 0.738. The van der Waals surface area contributed by atoms with Crippen LogP contribution in [0.2, 0.25) is 0 Å². The second-order valence-corrected chi connectivity index (χ2v) is 5.31. The minimum Gasteiger partial charge on any atom is -0.315 e. The van der Waals surface area contributed by atoms with Crippen molar-refractivity contribution in [1.82, 2.24) is 15.1 Å². The van der Waals surface area contributed by atoms with Crippen molar-refractivity contribution in [3.05, 3.63) is 0 Å². The molecule has 3 nitrogen and oxygen atoms in total. The molecule has 0 radical (unpaired) electrons. The smallest absolute Gasteiger partial charge is 0.0244 e. The summed E-state index contributed by atoms with van der Waals surface area (Å²) in [4.78, 5) is 5.13. The van der Waals surface area contributed by atoms with Crippen molar-refractivity contribution in [2.24, 2.45) is 5.92 Å². The molecule has 0 amide bonds. The number of nitrogens with zero attached hydrogens (tertiary/aromatic N) is 2. The van der Waals surface area contributed by atoms with Crippen LogP contribution in [-0.4, -0.2) is 62.2 Å². The Labute approximate surface area is 101 Å². The lowest BCUT2D eigenvalue weighted by Crippen LogP contribution is -2.47. The molecule has 0 aliphatic carbocycles. The number of hydrogen-bond acceptors (Lipinski definition) is 3. The lowest BCUT2D eigenvalue weighted by Gasteiger charge is -2.33. The van der Waals surface area contributed by atoms with E-state index < -0.39 is 0 Å². The molecule has 1 atom stereocenters. The summed E-state index contributed by atoms with van der Waals surface area (Å²) in [6, 6.07) is 0.700. The Bertz CT molecular complexity index is 182. The third-order valence-electron chi connectivity index (χ3n) is 3.60. The first-order chi connectivity index (χ1) is 7.65. The van der Waals surface area contributed by atoms with Crippen molar-refractivity contribution >= 4 is 0 Å². The molecule has 3 heteroatoms. The zero-order valence-corrected chi connectivity index (χ0v) is 11.5. The van der Waals surface area contributed by atoms with Crippen LogP contribution in [0.1, 0.15) is 27.2 Å². The van der Waals surface area contributed by atoms with Gasteiger partial charge in [0.1, 0.15) is 0 Å². The molecule has 16 heavy (non-hydrogen) atoms. The van der Waals surface area contributed by atoms with Crippen LogP contribution in [0.15, 0.2) is 0 Å². The molecule has 0 aromatic carbocycles. The van der Waals surface area contributed by atoms with Crippen molar-refractivity contribution in [3.63, 3.8) is 0 Å².